The van der Waals surface area contributed by atoms with Gasteiger partial charge in [0.2, 0.25) is 10.0 Å². The molecule has 0 radical (unpaired) electrons. The summed E-state index contributed by atoms with van der Waals surface area (Å²) >= 11 is 0. The molecule has 0 spiro atoms. The number of hydrogen-bond donors (Lipinski definition) is 1. The Morgan fingerprint density at radius 3 is 2.76 bits per heavy atom. The zero-order chi connectivity index (χ0) is 12.5. The van der Waals surface area contributed by atoms with Crippen LogP contribution in [0.5, 0.6) is 0 Å². The third-order valence-electron chi connectivity index (χ3n) is 3.29. The fourth-order valence-electron chi connectivity index (χ4n) is 2.25. The van der Waals surface area contributed by atoms with Gasteiger partial charge in [0.15, 0.2) is 0 Å². The van der Waals surface area contributed by atoms with Gasteiger partial charge in [0.25, 0.3) is 0 Å². The minimum atomic E-state index is -3.31. The van der Waals surface area contributed by atoms with Crippen LogP contribution in [0.1, 0.15) is 18.9 Å². The summed E-state index contributed by atoms with van der Waals surface area (Å²) in [5.41, 5.74) is 7.47. The van der Waals surface area contributed by atoms with Gasteiger partial charge in [-0.15, -0.1) is 0 Å². The molecule has 0 fully saturated rings. The Bertz CT molecular complexity index is 495. The van der Waals surface area contributed by atoms with Crippen molar-refractivity contribution < 1.29 is 8.42 Å². The van der Waals surface area contributed by atoms with Gasteiger partial charge in [0.05, 0.1) is 10.9 Å². The van der Waals surface area contributed by atoms with Crippen molar-refractivity contribution in [1.82, 2.24) is 0 Å². The van der Waals surface area contributed by atoms with Gasteiger partial charge in [-0.2, -0.15) is 0 Å². The van der Waals surface area contributed by atoms with E-state index < -0.39 is 15.3 Å². The normalized spacial score (nSPS) is 16.9. The maximum atomic E-state index is 12.4. The number of nitrogens with two attached hydrogens (primary N) is 1. The molecule has 0 saturated carbocycles. The van der Waals surface area contributed by atoms with Crippen molar-refractivity contribution in [3.8, 4) is 0 Å². The van der Waals surface area contributed by atoms with Gasteiger partial charge >= 0.3 is 0 Å². The highest BCUT2D eigenvalue weighted by atomic mass is 32.2. The first-order chi connectivity index (χ1) is 8.11. The number of sulfonamides is 1. The van der Waals surface area contributed by atoms with Crippen LogP contribution in [0.25, 0.3) is 0 Å². The fraction of sp³-hybridized carbons (Fsp3) is 0.500. The molecule has 0 bridgehead atoms. The second-order valence-corrected chi connectivity index (χ2v) is 6.40. The van der Waals surface area contributed by atoms with Crippen molar-refractivity contribution in [3.05, 3.63) is 29.8 Å². The number of benzene rings is 1. The Kier molecular flexibility index (Phi) is 3.40. The van der Waals surface area contributed by atoms with Gasteiger partial charge in [-0.05, 0) is 24.5 Å². The molecule has 0 aliphatic carbocycles. The minimum Gasteiger partial charge on any atom is -0.329 e. The second kappa shape index (κ2) is 4.66. The highest BCUT2D eigenvalue weighted by molar-refractivity contribution is 7.93. The van der Waals surface area contributed by atoms with Gasteiger partial charge in [0, 0.05) is 13.1 Å². The van der Waals surface area contributed by atoms with Crippen molar-refractivity contribution in [3.63, 3.8) is 0 Å². The smallest absolute Gasteiger partial charge is 0.239 e. The summed E-state index contributed by atoms with van der Waals surface area (Å²) in [7, 11) is -3.31. The zero-order valence-electron chi connectivity index (χ0n) is 9.96. The molecule has 17 heavy (non-hydrogen) atoms. The lowest BCUT2D eigenvalue weighted by Crippen LogP contribution is -2.41. The predicted molar refractivity (Wildman–Crippen MR) is 69.5 cm³/mol. The van der Waals surface area contributed by atoms with E-state index in [1.54, 1.807) is 0 Å². The van der Waals surface area contributed by atoms with Crippen LogP contribution < -0.4 is 10.0 Å². The molecule has 1 aromatic carbocycles. The molecule has 0 amide bonds. The zero-order valence-corrected chi connectivity index (χ0v) is 10.8. The van der Waals surface area contributed by atoms with E-state index in [0.29, 0.717) is 13.0 Å². The molecule has 2 rings (SSSR count). The molecule has 1 aliphatic heterocycles. The van der Waals surface area contributed by atoms with Crippen LogP contribution in [-0.4, -0.2) is 26.8 Å². The molecular weight excluding hydrogens is 236 g/mol. The summed E-state index contributed by atoms with van der Waals surface area (Å²) in [4.78, 5) is 0. The Labute approximate surface area is 102 Å². The first-order valence-electron chi connectivity index (χ1n) is 5.90. The molecule has 0 saturated heterocycles. The van der Waals surface area contributed by atoms with Crippen LogP contribution in [0.2, 0.25) is 0 Å². The topological polar surface area (TPSA) is 63.4 Å². The molecule has 2 N–H and O–H groups in total. The molecule has 1 aliphatic rings. The summed E-state index contributed by atoms with van der Waals surface area (Å²) in [6, 6.07) is 7.66. The summed E-state index contributed by atoms with van der Waals surface area (Å²) in [5.74, 6) is 0. The van der Waals surface area contributed by atoms with Gasteiger partial charge in [0.1, 0.15) is 0 Å². The Balaban J connectivity index is 2.37. The number of para-hydroxylation sites is 1. The minimum absolute atomic E-state index is 0.178. The van der Waals surface area contributed by atoms with Crippen LogP contribution in [0.4, 0.5) is 5.69 Å². The van der Waals surface area contributed by atoms with Crippen molar-refractivity contribution in [1.29, 1.82) is 0 Å². The van der Waals surface area contributed by atoms with Crippen LogP contribution >= 0.6 is 0 Å². The largest absolute Gasteiger partial charge is 0.329 e. The molecular formula is C12H18N2O2S. The Morgan fingerprint density at radius 1 is 1.41 bits per heavy atom. The number of rotatable bonds is 4. The van der Waals surface area contributed by atoms with Gasteiger partial charge < -0.3 is 5.73 Å². The van der Waals surface area contributed by atoms with Crippen LogP contribution in [0.15, 0.2) is 24.3 Å². The first kappa shape index (κ1) is 12.4. The highest BCUT2D eigenvalue weighted by Crippen LogP contribution is 2.31. The Morgan fingerprint density at radius 2 is 2.12 bits per heavy atom. The molecule has 1 atom stereocenters. The maximum absolute atomic E-state index is 12.4. The Hall–Kier alpha value is -1.07. The van der Waals surface area contributed by atoms with Crippen molar-refractivity contribution in [2.24, 2.45) is 5.73 Å². The lowest BCUT2D eigenvalue weighted by Gasteiger charge is -2.24. The molecule has 4 nitrogen and oxygen atoms in total. The first-order valence-corrected chi connectivity index (χ1v) is 7.41. The lowest BCUT2D eigenvalue weighted by molar-refractivity contribution is 0.572. The van der Waals surface area contributed by atoms with E-state index >= 15 is 0 Å². The SMILES string of the molecule is CCC(CN)S(=O)(=O)N1CCc2ccccc21. The number of fused-ring (bicyclic) bond motifs is 1. The van der Waals surface area contributed by atoms with Gasteiger partial charge in [-0.25, -0.2) is 8.42 Å². The van der Waals surface area contributed by atoms with Gasteiger partial charge in [-0.3, -0.25) is 4.31 Å². The average Bonchev–Trinajstić information content (AvgIpc) is 2.74. The maximum Gasteiger partial charge on any atom is 0.239 e. The average molecular weight is 254 g/mol. The van der Waals surface area contributed by atoms with Crippen molar-refractivity contribution in [2.75, 3.05) is 17.4 Å². The van der Waals surface area contributed by atoms with E-state index in [2.05, 4.69) is 0 Å². The number of anilines is 1. The van der Waals surface area contributed by atoms with E-state index in [9.17, 15) is 8.42 Å². The van der Waals surface area contributed by atoms with E-state index in [1.807, 2.05) is 31.2 Å². The van der Waals surface area contributed by atoms with Gasteiger partial charge in [-0.1, -0.05) is 25.1 Å². The summed E-state index contributed by atoms with van der Waals surface area (Å²) in [6.07, 6.45) is 1.34. The van der Waals surface area contributed by atoms with E-state index in [4.69, 9.17) is 5.73 Å². The van der Waals surface area contributed by atoms with Crippen LogP contribution in [-0.2, 0) is 16.4 Å². The van der Waals surface area contributed by atoms with E-state index in [-0.39, 0.29) is 6.54 Å². The van der Waals surface area contributed by atoms with Crippen LogP contribution in [0.3, 0.4) is 0 Å². The number of nitrogens with zero attached hydrogens (tertiary/aromatic N) is 1. The fourth-order valence-corrected chi connectivity index (χ4v) is 4.07. The third kappa shape index (κ3) is 2.05. The number of hydrogen-bond acceptors (Lipinski definition) is 3. The second-order valence-electron chi connectivity index (χ2n) is 4.26. The van der Waals surface area contributed by atoms with Crippen LogP contribution in [0, 0.1) is 0 Å². The highest BCUT2D eigenvalue weighted by Gasteiger charge is 2.33. The molecule has 94 valence electrons. The standard InChI is InChI=1S/C12H18N2O2S/c1-2-11(9-13)17(15,16)14-8-7-10-5-3-4-6-12(10)14/h3-6,11H,2,7-9,13H2,1H3. The summed E-state index contributed by atoms with van der Waals surface area (Å²) in [5, 5.41) is -0.478. The monoisotopic (exact) mass is 254 g/mol. The summed E-state index contributed by atoms with van der Waals surface area (Å²) < 4.78 is 26.3. The predicted octanol–water partition coefficient (Wildman–Crippen LogP) is 1.12. The van der Waals surface area contributed by atoms with E-state index in [0.717, 1.165) is 17.7 Å². The lowest BCUT2D eigenvalue weighted by atomic mass is 10.2. The van der Waals surface area contributed by atoms with E-state index in [1.165, 1.54) is 4.31 Å². The molecule has 1 unspecified atom stereocenters. The molecule has 1 heterocycles. The molecule has 5 heteroatoms. The molecule has 0 aromatic heterocycles. The molecule has 1 aromatic rings. The van der Waals surface area contributed by atoms with Crippen molar-refractivity contribution >= 4 is 15.7 Å². The third-order valence-corrected chi connectivity index (χ3v) is 5.65. The summed E-state index contributed by atoms with van der Waals surface area (Å²) in [6.45, 7) is 2.58. The quantitative estimate of drug-likeness (QED) is 0.875. The van der Waals surface area contributed by atoms with Crippen molar-refractivity contribution in [2.45, 2.75) is 25.0 Å².